The van der Waals surface area contributed by atoms with Crippen molar-refractivity contribution >= 4 is 28.6 Å². The highest BCUT2D eigenvalue weighted by molar-refractivity contribution is 5.90. The van der Waals surface area contributed by atoms with Crippen molar-refractivity contribution in [1.29, 1.82) is 0 Å². The van der Waals surface area contributed by atoms with E-state index in [-0.39, 0.29) is 17.1 Å². The Morgan fingerprint density at radius 2 is 1.89 bits per heavy atom. The molecule has 2 aromatic heterocycles. The number of nitrogens with two attached hydrogens (primary N) is 1. The molecule has 1 aliphatic rings. The maximum absolute atomic E-state index is 12.4. The second-order valence-corrected chi connectivity index (χ2v) is 10.4. The summed E-state index contributed by atoms with van der Waals surface area (Å²) in [7, 11) is 1.89. The minimum absolute atomic E-state index is 0.0483. The van der Waals surface area contributed by atoms with Gasteiger partial charge in [-0.3, -0.25) is 9.36 Å². The van der Waals surface area contributed by atoms with Gasteiger partial charge in [0.05, 0.1) is 6.33 Å². The summed E-state index contributed by atoms with van der Waals surface area (Å²) in [5, 5.41) is 24.2. The third kappa shape index (κ3) is 5.65. The quantitative estimate of drug-likeness (QED) is 0.364. The van der Waals surface area contributed by atoms with Gasteiger partial charge in [0.25, 0.3) is 0 Å². The van der Waals surface area contributed by atoms with Crippen molar-refractivity contribution in [1.82, 2.24) is 24.4 Å². The fraction of sp³-hybridized carbons (Fsp3) is 0.520. The third-order valence-electron chi connectivity index (χ3n) is 6.47. The zero-order chi connectivity index (χ0) is 26.0. The van der Waals surface area contributed by atoms with Crippen molar-refractivity contribution in [3.8, 4) is 0 Å². The molecule has 4 rings (SSSR count). The minimum atomic E-state index is -1.16. The molecule has 0 saturated carbocycles. The monoisotopic (exact) mass is 497 g/mol. The molecule has 11 heteroatoms. The van der Waals surface area contributed by atoms with Gasteiger partial charge in [0.2, 0.25) is 5.91 Å². The number of hydrogen-bond acceptors (Lipinski definition) is 9. The summed E-state index contributed by atoms with van der Waals surface area (Å²) in [4.78, 5) is 26.6. The van der Waals surface area contributed by atoms with Crippen molar-refractivity contribution in [2.75, 3.05) is 31.2 Å². The highest BCUT2D eigenvalue weighted by Gasteiger charge is 2.44. The van der Waals surface area contributed by atoms with Gasteiger partial charge in [0, 0.05) is 18.7 Å². The predicted molar refractivity (Wildman–Crippen MR) is 136 cm³/mol. The van der Waals surface area contributed by atoms with E-state index in [1.165, 1.54) is 18.2 Å². The van der Waals surface area contributed by atoms with Crippen LogP contribution in [-0.4, -0.2) is 79.0 Å². The Balaban J connectivity index is 1.25. The van der Waals surface area contributed by atoms with E-state index in [0.29, 0.717) is 37.1 Å². The molecule has 11 nitrogen and oxygen atoms in total. The van der Waals surface area contributed by atoms with Crippen LogP contribution in [0.3, 0.4) is 0 Å². The fourth-order valence-corrected chi connectivity index (χ4v) is 4.35. The van der Waals surface area contributed by atoms with E-state index < -0.39 is 24.5 Å². The standard InChI is InChI=1S/C25H35N7O4/c1-25(2,3)15-7-9-16(10-8-15)30-18(33)6-5-11-31(4)12-17-20(34)21(35)24(36-17)32-14-29-19-22(26)27-13-28-23(19)32/h7-10,13-14,17,20-21,24,34-35H,5-6,11-12H2,1-4H3,(H,30,33)(H2,26,27,28)/t17-,20-,21-,24-/m1/s1. The first-order valence-electron chi connectivity index (χ1n) is 12.1. The molecule has 1 fully saturated rings. The lowest BCUT2D eigenvalue weighted by atomic mass is 9.87. The number of fused-ring (bicyclic) bond motifs is 1. The molecule has 194 valence electrons. The Hall–Kier alpha value is -3.12. The van der Waals surface area contributed by atoms with Crippen LogP contribution >= 0.6 is 0 Å². The number of aliphatic hydroxyl groups is 2. The predicted octanol–water partition coefficient (Wildman–Crippen LogP) is 1.68. The topological polar surface area (TPSA) is 152 Å². The third-order valence-corrected chi connectivity index (χ3v) is 6.47. The molecule has 0 unspecified atom stereocenters. The lowest BCUT2D eigenvalue weighted by Gasteiger charge is -2.22. The molecular formula is C25H35N7O4. The number of aliphatic hydroxyl groups excluding tert-OH is 2. The Morgan fingerprint density at radius 1 is 1.17 bits per heavy atom. The molecule has 0 spiro atoms. The van der Waals surface area contributed by atoms with Gasteiger partial charge in [-0.05, 0) is 43.1 Å². The number of carbonyl (C=O) groups excluding carboxylic acids is 1. The zero-order valence-corrected chi connectivity index (χ0v) is 21.1. The van der Waals surface area contributed by atoms with Crippen molar-refractivity contribution in [3.05, 3.63) is 42.5 Å². The molecule has 0 radical (unpaired) electrons. The number of nitrogens with zero attached hydrogens (tertiary/aromatic N) is 5. The highest BCUT2D eigenvalue weighted by atomic mass is 16.6. The molecule has 4 atom stereocenters. The average Bonchev–Trinajstić information content (AvgIpc) is 3.36. The number of anilines is 2. The van der Waals surface area contributed by atoms with Gasteiger partial charge in [-0.1, -0.05) is 32.9 Å². The molecule has 0 aliphatic carbocycles. The van der Waals surface area contributed by atoms with Crippen LogP contribution in [0.1, 0.15) is 45.4 Å². The average molecular weight is 498 g/mol. The van der Waals surface area contributed by atoms with E-state index in [1.54, 1.807) is 4.57 Å². The Bertz CT molecular complexity index is 1190. The molecule has 1 aliphatic heterocycles. The van der Waals surface area contributed by atoms with Crippen LogP contribution in [-0.2, 0) is 14.9 Å². The molecule has 3 aromatic rings. The van der Waals surface area contributed by atoms with Gasteiger partial charge >= 0.3 is 0 Å². The Morgan fingerprint density at radius 3 is 2.58 bits per heavy atom. The fourth-order valence-electron chi connectivity index (χ4n) is 4.35. The molecule has 0 bridgehead atoms. The summed E-state index contributed by atoms with van der Waals surface area (Å²) in [6, 6.07) is 7.92. The zero-order valence-electron chi connectivity index (χ0n) is 21.1. The first kappa shape index (κ1) is 26.0. The smallest absolute Gasteiger partial charge is 0.224 e. The number of benzene rings is 1. The number of aromatic nitrogens is 4. The summed E-state index contributed by atoms with van der Waals surface area (Å²) < 4.78 is 7.54. The van der Waals surface area contributed by atoms with Gasteiger partial charge in [-0.25, -0.2) is 15.0 Å². The van der Waals surface area contributed by atoms with E-state index in [0.717, 1.165) is 5.69 Å². The Labute approximate surface area is 210 Å². The van der Waals surface area contributed by atoms with E-state index >= 15 is 0 Å². The Kier molecular flexibility index (Phi) is 7.55. The van der Waals surface area contributed by atoms with Crippen LogP contribution in [0.4, 0.5) is 11.5 Å². The summed E-state index contributed by atoms with van der Waals surface area (Å²) in [5.41, 5.74) is 8.73. The van der Waals surface area contributed by atoms with Gasteiger partial charge in [0.1, 0.15) is 30.2 Å². The number of hydrogen-bond donors (Lipinski definition) is 4. The van der Waals surface area contributed by atoms with Gasteiger partial charge in [-0.2, -0.15) is 0 Å². The van der Waals surface area contributed by atoms with Gasteiger partial charge in [0.15, 0.2) is 17.7 Å². The summed E-state index contributed by atoms with van der Waals surface area (Å²) in [6.45, 7) is 7.46. The number of nitrogens with one attached hydrogen (secondary N) is 1. The number of carbonyl (C=O) groups is 1. The largest absolute Gasteiger partial charge is 0.387 e. The number of amides is 1. The number of nitrogen functional groups attached to an aromatic ring is 1. The van der Waals surface area contributed by atoms with E-state index in [2.05, 4.69) is 41.0 Å². The van der Waals surface area contributed by atoms with Gasteiger partial charge < -0.3 is 30.9 Å². The molecule has 5 N–H and O–H groups in total. The highest BCUT2D eigenvalue weighted by Crippen LogP contribution is 2.32. The summed E-state index contributed by atoms with van der Waals surface area (Å²) in [5.74, 6) is 0.182. The van der Waals surface area contributed by atoms with Gasteiger partial charge in [-0.15, -0.1) is 0 Å². The molecule has 3 heterocycles. The number of rotatable bonds is 8. The second kappa shape index (κ2) is 10.5. The van der Waals surface area contributed by atoms with Crippen LogP contribution in [0.5, 0.6) is 0 Å². The van der Waals surface area contributed by atoms with Crippen molar-refractivity contribution in [2.45, 2.75) is 63.6 Å². The number of likely N-dealkylation sites (N-methyl/N-ethyl adjacent to an activating group) is 1. The van der Waals surface area contributed by atoms with Crippen molar-refractivity contribution in [3.63, 3.8) is 0 Å². The SMILES string of the molecule is CN(CCCC(=O)Nc1ccc(C(C)(C)C)cc1)C[C@H]1O[C@@H](n2cnc3c(N)ncnc32)[C@H](O)[C@@H]1O. The van der Waals surface area contributed by atoms with Crippen LogP contribution in [0.2, 0.25) is 0 Å². The lowest BCUT2D eigenvalue weighted by Crippen LogP contribution is -2.39. The maximum atomic E-state index is 12.4. The van der Waals surface area contributed by atoms with Crippen molar-refractivity contribution in [2.24, 2.45) is 0 Å². The van der Waals surface area contributed by atoms with Crippen LogP contribution in [0.25, 0.3) is 11.2 Å². The second-order valence-electron chi connectivity index (χ2n) is 10.4. The molecular weight excluding hydrogens is 462 g/mol. The molecule has 36 heavy (non-hydrogen) atoms. The summed E-state index contributed by atoms with van der Waals surface area (Å²) >= 11 is 0. The van der Waals surface area contributed by atoms with Crippen LogP contribution in [0.15, 0.2) is 36.9 Å². The number of ether oxygens (including phenoxy) is 1. The maximum Gasteiger partial charge on any atom is 0.224 e. The minimum Gasteiger partial charge on any atom is -0.387 e. The summed E-state index contributed by atoms with van der Waals surface area (Å²) in [6.07, 6.45) is 0.0656. The first-order valence-corrected chi connectivity index (χ1v) is 12.1. The molecule has 1 aromatic carbocycles. The number of imidazole rings is 1. The van der Waals surface area contributed by atoms with Crippen LogP contribution in [0, 0.1) is 0 Å². The van der Waals surface area contributed by atoms with E-state index in [1.807, 2.05) is 36.2 Å². The van der Waals surface area contributed by atoms with E-state index in [9.17, 15) is 15.0 Å². The normalized spacial score (nSPS) is 22.4. The van der Waals surface area contributed by atoms with Crippen LogP contribution < -0.4 is 11.1 Å². The lowest BCUT2D eigenvalue weighted by molar-refractivity contribution is -0.116. The molecule has 1 saturated heterocycles. The molecule has 1 amide bonds. The van der Waals surface area contributed by atoms with E-state index in [4.69, 9.17) is 10.5 Å². The van der Waals surface area contributed by atoms with Crippen molar-refractivity contribution < 1.29 is 19.7 Å². The first-order chi connectivity index (χ1) is 17.0.